The largest absolute Gasteiger partial charge is 0.459 e. The van der Waals surface area contributed by atoms with Crippen LogP contribution in [0.4, 0.5) is 0 Å². The van der Waals surface area contributed by atoms with Crippen LogP contribution in [0.3, 0.4) is 0 Å². The maximum absolute atomic E-state index is 12.2. The van der Waals surface area contributed by atoms with E-state index in [-0.39, 0.29) is 30.0 Å². The Kier molecular flexibility index (Phi) is 6.38. The van der Waals surface area contributed by atoms with Gasteiger partial charge in [-0.25, -0.2) is 0 Å². The molecule has 0 aromatic rings. The van der Waals surface area contributed by atoms with Crippen molar-refractivity contribution in [3.8, 4) is 0 Å². The third kappa shape index (κ3) is 5.93. The van der Waals surface area contributed by atoms with Gasteiger partial charge in [0.1, 0.15) is 11.6 Å². The van der Waals surface area contributed by atoms with Crippen molar-refractivity contribution >= 4 is 11.9 Å². The third-order valence-corrected chi connectivity index (χ3v) is 3.60. The first kappa shape index (κ1) is 18.9. The van der Waals surface area contributed by atoms with Gasteiger partial charge in [0.05, 0.1) is 0 Å². The van der Waals surface area contributed by atoms with Gasteiger partial charge in [0.2, 0.25) is 5.91 Å². The van der Waals surface area contributed by atoms with E-state index in [9.17, 15) is 9.59 Å². The molecule has 1 rings (SSSR count). The van der Waals surface area contributed by atoms with E-state index < -0.39 is 11.6 Å². The molecule has 4 N–H and O–H groups in total. The minimum Gasteiger partial charge on any atom is -0.459 e. The lowest BCUT2D eigenvalue weighted by Gasteiger charge is -2.29. The average Bonchev–Trinajstić information content (AvgIpc) is 2.67. The Labute approximate surface area is 133 Å². The molecule has 1 aliphatic rings. The fraction of sp³-hybridized carbons (Fsp3) is 0.875. The minimum absolute atomic E-state index is 0.0830. The van der Waals surface area contributed by atoms with Crippen LogP contribution < -0.4 is 16.4 Å². The molecule has 1 saturated heterocycles. The van der Waals surface area contributed by atoms with E-state index in [0.717, 1.165) is 6.42 Å². The summed E-state index contributed by atoms with van der Waals surface area (Å²) in [6, 6.07) is -0.806. The second-order valence-electron chi connectivity index (χ2n) is 7.61. The summed E-state index contributed by atoms with van der Waals surface area (Å²) in [5, 5.41) is 6.22. The van der Waals surface area contributed by atoms with Gasteiger partial charge in [0.15, 0.2) is 0 Å². The molecule has 0 aliphatic carbocycles. The zero-order chi connectivity index (χ0) is 17.1. The van der Waals surface area contributed by atoms with E-state index in [1.54, 1.807) is 0 Å². The van der Waals surface area contributed by atoms with Gasteiger partial charge in [0, 0.05) is 25.0 Å². The molecular formula is C16H31N3O3. The summed E-state index contributed by atoms with van der Waals surface area (Å²) in [6.07, 6.45) is 1.33. The van der Waals surface area contributed by atoms with Gasteiger partial charge in [0.25, 0.3) is 0 Å². The molecule has 1 aliphatic heterocycles. The van der Waals surface area contributed by atoms with Crippen LogP contribution in [0.15, 0.2) is 0 Å². The highest BCUT2D eigenvalue weighted by Crippen LogP contribution is 2.21. The Morgan fingerprint density at radius 1 is 1.36 bits per heavy atom. The van der Waals surface area contributed by atoms with Crippen molar-refractivity contribution in [1.82, 2.24) is 10.6 Å². The Bertz CT molecular complexity index is 404. The predicted octanol–water partition coefficient (Wildman–Crippen LogP) is 0.937. The lowest BCUT2D eigenvalue weighted by Crippen LogP contribution is -2.55. The van der Waals surface area contributed by atoms with Gasteiger partial charge in [-0.1, -0.05) is 13.8 Å². The summed E-state index contributed by atoms with van der Waals surface area (Å²) in [4.78, 5) is 23.6. The maximum atomic E-state index is 12.2. The number of rotatable bonds is 5. The van der Waals surface area contributed by atoms with E-state index in [0.29, 0.717) is 12.3 Å². The third-order valence-electron chi connectivity index (χ3n) is 3.60. The molecular weight excluding hydrogens is 282 g/mol. The summed E-state index contributed by atoms with van der Waals surface area (Å²) in [5.74, 6) is 0.0587. The molecule has 0 spiro atoms. The van der Waals surface area contributed by atoms with Crippen molar-refractivity contribution in [2.24, 2.45) is 11.7 Å². The summed E-state index contributed by atoms with van der Waals surface area (Å²) >= 11 is 0. The molecule has 1 heterocycles. The fourth-order valence-corrected chi connectivity index (χ4v) is 2.86. The topological polar surface area (TPSA) is 93.5 Å². The molecule has 1 amide bonds. The first-order valence-electron chi connectivity index (χ1n) is 8.01. The fourth-order valence-electron chi connectivity index (χ4n) is 2.86. The summed E-state index contributed by atoms with van der Waals surface area (Å²) in [5.41, 5.74) is 5.68. The average molecular weight is 313 g/mol. The van der Waals surface area contributed by atoms with Gasteiger partial charge < -0.3 is 15.8 Å². The molecule has 1 fully saturated rings. The number of esters is 1. The summed E-state index contributed by atoms with van der Waals surface area (Å²) < 4.78 is 5.42. The first-order valence-corrected chi connectivity index (χ1v) is 8.01. The molecule has 4 atom stereocenters. The SMILES string of the molecule is CC(=O)N[C@@H](CC(C)C)[C@@H]1NC(C(=O)OC(C)(C)C)C[C@H]1N. The molecule has 0 radical (unpaired) electrons. The van der Waals surface area contributed by atoms with Crippen LogP contribution >= 0.6 is 0 Å². The van der Waals surface area contributed by atoms with Crippen molar-refractivity contribution in [3.05, 3.63) is 0 Å². The minimum atomic E-state index is -0.518. The molecule has 0 bridgehead atoms. The Morgan fingerprint density at radius 3 is 2.41 bits per heavy atom. The normalized spacial score (nSPS) is 26.8. The highest BCUT2D eigenvalue weighted by atomic mass is 16.6. The van der Waals surface area contributed by atoms with Gasteiger partial charge in [-0.05, 0) is 39.5 Å². The lowest BCUT2D eigenvalue weighted by molar-refractivity contribution is -0.157. The second kappa shape index (κ2) is 7.42. The summed E-state index contributed by atoms with van der Waals surface area (Å²) in [6.45, 7) is 11.2. The standard InChI is InChI=1S/C16H31N3O3/c1-9(2)7-12(18-10(3)20)14-11(17)8-13(19-14)15(21)22-16(4,5)6/h9,11-14,19H,7-8,17H2,1-6H3,(H,18,20)/t11-,12+,13?,14-/m1/s1. The number of carbonyl (C=O) groups is 2. The van der Waals surface area contributed by atoms with Crippen molar-refractivity contribution in [2.45, 2.75) is 84.2 Å². The van der Waals surface area contributed by atoms with Crippen LogP contribution in [0.2, 0.25) is 0 Å². The Morgan fingerprint density at radius 2 is 1.95 bits per heavy atom. The van der Waals surface area contributed by atoms with Gasteiger partial charge in [-0.3, -0.25) is 14.9 Å². The van der Waals surface area contributed by atoms with Crippen molar-refractivity contribution < 1.29 is 14.3 Å². The van der Waals surface area contributed by atoms with Gasteiger partial charge in [-0.2, -0.15) is 0 Å². The van der Waals surface area contributed by atoms with Crippen LogP contribution in [0, 0.1) is 5.92 Å². The monoisotopic (exact) mass is 313 g/mol. The Hall–Kier alpha value is -1.14. The highest BCUT2D eigenvalue weighted by molar-refractivity contribution is 5.77. The predicted molar refractivity (Wildman–Crippen MR) is 86.2 cm³/mol. The zero-order valence-electron chi connectivity index (χ0n) is 14.6. The van der Waals surface area contributed by atoms with Gasteiger partial charge >= 0.3 is 5.97 Å². The number of amides is 1. The lowest BCUT2D eigenvalue weighted by atomic mass is 9.94. The van der Waals surface area contributed by atoms with Crippen molar-refractivity contribution in [1.29, 1.82) is 0 Å². The quantitative estimate of drug-likeness (QED) is 0.657. The molecule has 128 valence electrons. The number of hydrogen-bond acceptors (Lipinski definition) is 5. The second-order valence-corrected chi connectivity index (χ2v) is 7.61. The van der Waals surface area contributed by atoms with E-state index >= 15 is 0 Å². The van der Waals surface area contributed by atoms with Crippen LogP contribution in [-0.4, -0.2) is 41.6 Å². The van der Waals surface area contributed by atoms with Crippen LogP contribution in [0.25, 0.3) is 0 Å². The van der Waals surface area contributed by atoms with E-state index in [1.807, 2.05) is 20.8 Å². The smallest absolute Gasteiger partial charge is 0.323 e. The highest BCUT2D eigenvalue weighted by Gasteiger charge is 2.41. The Balaban J connectivity index is 2.74. The molecule has 0 aromatic heterocycles. The van der Waals surface area contributed by atoms with E-state index in [1.165, 1.54) is 6.92 Å². The van der Waals surface area contributed by atoms with Crippen LogP contribution in [0.1, 0.15) is 54.4 Å². The molecule has 6 heteroatoms. The molecule has 1 unspecified atom stereocenters. The number of carbonyl (C=O) groups excluding carboxylic acids is 2. The number of hydrogen-bond donors (Lipinski definition) is 3. The molecule has 22 heavy (non-hydrogen) atoms. The molecule has 6 nitrogen and oxygen atoms in total. The van der Waals surface area contributed by atoms with Crippen LogP contribution in [0.5, 0.6) is 0 Å². The molecule has 0 saturated carbocycles. The van der Waals surface area contributed by atoms with E-state index in [4.69, 9.17) is 10.5 Å². The number of nitrogens with one attached hydrogen (secondary N) is 2. The number of nitrogens with two attached hydrogens (primary N) is 1. The maximum Gasteiger partial charge on any atom is 0.323 e. The van der Waals surface area contributed by atoms with Crippen molar-refractivity contribution in [2.75, 3.05) is 0 Å². The molecule has 0 aromatic carbocycles. The number of ether oxygens (including phenoxy) is 1. The van der Waals surface area contributed by atoms with Crippen molar-refractivity contribution in [3.63, 3.8) is 0 Å². The van der Waals surface area contributed by atoms with Gasteiger partial charge in [-0.15, -0.1) is 0 Å². The summed E-state index contributed by atoms with van der Waals surface area (Å²) in [7, 11) is 0. The first-order chi connectivity index (χ1) is 9.99. The van der Waals surface area contributed by atoms with Crippen LogP contribution in [-0.2, 0) is 14.3 Å². The zero-order valence-corrected chi connectivity index (χ0v) is 14.6. The van der Waals surface area contributed by atoms with E-state index in [2.05, 4.69) is 24.5 Å².